The molecule has 0 radical (unpaired) electrons. The minimum atomic E-state index is -0.444. The van der Waals surface area contributed by atoms with Gasteiger partial charge in [0, 0.05) is 0 Å². The number of esters is 2. The van der Waals surface area contributed by atoms with Crippen LogP contribution in [0.15, 0.2) is 49.9 Å². The van der Waals surface area contributed by atoms with Crippen molar-refractivity contribution in [1.29, 1.82) is 0 Å². The highest BCUT2D eigenvalue weighted by molar-refractivity contribution is 6.03. The molecule has 0 aliphatic heterocycles. The van der Waals surface area contributed by atoms with E-state index in [9.17, 15) is 9.59 Å². The van der Waals surface area contributed by atoms with Crippen LogP contribution in [-0.2, 0) is 14.2 Å². The molecule has 5 heteroatoms. The molecular formula is C28H44O5. The fourth-order valence-corrected chi connectivity index (χ4v) is 3.16. The van der Waals surface area contributed by atoms with Crippen molar-refractivity contribution in [1.82, 2.24) is 0 Å². The van der Waals surface area contributed by atoms with Gasteiger partial charge in [0.2, 0.25) is 0 Å². The van der Waals surface area contributed by atoms with Gasteiger partial charge in [-0.25, -0.2) is 9.59 Å². The summed E-state index contributed by atoms with van der Waals surface area (Å²) in [6, 6.07) is 6.74. The van der Waals surface area contributed by atoms with Crippen LogP contribution in [0.5, 0.6) is 0 Å². The van der Waals surface area contributed by atoms with E-state index in [0.717, 1.165) is 25.7 Å². The van der Waals surface area contributed by atoms with E-state index in [0.29, 0.717) is 24.3 Å². The largest absolute Gasteiger partial charge is 0.474 e. The third kappa shape index (κ3) is 16.7. The van der Waals surface area contributed by atoms with Crippen LogP contribution in [-0.4, -0.2) is 25.2 Å². The van der Waals surface area contributed by atoms with Gasteiger partial charge in [0.05, 0.1) is 36.9 Å². The Balaban J connectivity index is 0.00000184. The number of carbonyl (C=O) groups is 2. The van der Waals surface area contributed by atoms with Gasteiger partial charge >= 0.3 is 11.9 Å². The third-order valence-electron chi connectivity index (χ3n) is 5.02. The molecule has 5 nitrogen and oxygen atoms in total. The standard InChI is InChI=1S/C24H38O4.C4H6O/c1-3-5-7-9-11-15-19-27-23(25)21-17-13-14-18-22(21)24(26)28-20-16-12-10-8-6-4-2;1-3-5-4-2/h13-14,17-18H,3-12,15-16,19-20H2,1-2H3;3-4H,1-2H2. The Bertz CT molecular complexity index is 598. The summed E-state index contributed by atoms with van der Waals surface area (Å²) in [5.41, 5.74) is 0.586. The van der Waals surface area contributed by atoms with E-state index in [1.54, 1.807) is 24.3 Å². The minimum absolute atomic E-state index is 0.293. The SMILES string of the molecule is C=COC=C.CCCCCCCCOC(=O)c1ccccc1C(=O)OCCCCCCCC. The molecule has 1 aromatic carbocycles. The maximum Gasteiger partial charge on any atom is 0.339 e. The van der Waals surface area contributed by atoms with E-state index in [1.165, 1.54) is 63.9 Å². The molecule has 0 atom stereocenters. The van der Waals surface area contributed by atoms with Gasteiger partial charge in [-0.05, 0) is 25.0 Å². The van der Waals surface area contributed by atoms with Crippen molar-refractivity contribution in [3.8, 4) is 0 Å². The average Bonchev–Trinajstić information content (AvgIpc) is 2.83. The van der Waals surface area contributed by atoms with Crippen LogP contribution in [0.4, 0.5) is 0 Å². The Morgan fingerprint density at radius 1 is 0.667 bits per heavy atom. The van der Waals surface area contributed by atoms with Gasteiger partial charge in [0.25, 0.3) is 0 Å². The molecule has 0 heterocycles. The van der Waals surface area contributed by atoms with Crippen LogP contribution < -0.4 is 0 Å². The van der Waals surface area contributed by atoms with Crippen LogP contribution in [0.2, 0.25) is 0 Å². The summed E-state index contributed by atoms with van der Waals surface area (Å²) >= 11 is 0. The molecule has 0 aliphatic rings. The van der Waals surface area contributed by atoms with Crippen molar-refractivity contribution in [3.63, 3.8) is 0 Å². The van der Waals surface area contributed by atoms with Crippen LogP contribution in [0.1, 0.15) is 112 Å². The summed E-state index contributed by atoms with van der Waals surface area (Å²) in [6.45, 7) is 11.7. The van der Waals surface area contributed by atoms with Crippen molar-refractivity contribution in [2.75, 3.05) is 13.2 Å². The number of rotatable bonds is 18. The van der Waals surface area contributed by atoms with Crippen molar-refractivity contribution in [2.24, 2.45) is 0 Å². The molecule has 0 bridgehead atoms. The van der Waals surface area contributed by atoms with Crippen LogP contribution in [0.25, 0.3) is 0 Å². The van der Waals surface area contributed by atoms with Gasteiger partial charge in [-0.2, -0.15) is 0 Å². The summed E-state index contributed by atoms with van der Waals surface area (Å²) in [6.07, 6.45) is 16.3. The fraction of sp³-hybridized carbons (Fsp3) is 0.571. The van der Waals surface area contributed by atoms with E-state index >= 15 is 0 Å². The zero-order chi connectivity index (χ0) is 24.6. The topological polar surface area (TPSA) is 61.8 Å². The van der Waals surface area contributed by atoms with E-state index in [4.69, 9.17) is 9.47 Å². The monoisotopic (exact) mass is 460 g/mol. The molecular weight excluding hydrogens is 416 g/mol. The quantitative estimate of drug-likeness (QED) is 0.126. The van der Waals surface area contributed by atoms with Crippen molar-refractivity contribution < 1.29 is 23.8 Å². The molecule has 0 N–H and O–H groups in total. The minimum Gasteiger partial charge on any atom is -0.474 e. The third-order valence-corrected chi connectivity index (χ3v) is 5.02. The molecule has 0 amide bonds. The lowest BCUT2D eigenvalue weighted by Crippen LogP contribution is -2.15. The van der Waals surface area contributed by atoms with Crippen LogP contribution >= 0.6 is 0 Å². The fourth-order valence-electron chi connectivity index (χ4n) is 3.16. The number of unbranched alkanes of at least 4 members (excludes halogenated alkanes) is 10. The summed E-state index contributed by atoms with van der Waals surface area (Å²) in [7, 11) is 0. The molecule has 0 aromatic heterocycles. The smallest absolute Gasteiger partial charge is 0.339 e. The van der Waals surface area contributed by atoms with Gasteiger partial charge in [0.1, 0.15) is 0 Å². The van der Waals surface area contributed by atoms with Crippen LogP contribution in [0.3, 0.4) is 0 Å². The molecule has 0 aliphatic carbocycles. The lowest BCUT2D eigenvalue weighted by atomic mass is 10.1. The Hall–Kier alpha value is -2.56. The summed E-state index contributed by atoms with van der Waals surface area (Å²) < 4.78 is 15.1. The molecule has 33 heavy (non-hydrogen) atoms. The normalized spacial score (nSPS) is 9.88. The summed E-state index contributed by atoms with van der Waals surface area (Å²) in [5, 5.41) is 0. The van der Waals surface area contributed by atoms with Gasteiger partial charge in [-0.3, -0.25) is 0 Å². The summed E-state index contributed by atoms with van der Waals surface area (Å²) in [5.74, 6) is -0.888. The van der Waals surface area contributed by atoms with E-state index in [2.05, 4.69) is 31.7 Å². The first kappa shape index (κ1) is 30.4. The highest BCUT2D eigenvalue weighted by atomic mass is 16.5. The van der Waals surface area contributed by atoms with Crippen LogP contribution in [0, 0.1) is 0 Å². The number of ether oxygens (including phenoxy) is 3. The number of benzene rings is 1. The zero-order valence-corrected chi connectivity index (χ0v) is 20.8. The Morgan fingerprint density at radius 2 is 1.03 bits per heavy atom. The first-order chi connectivity index (χ1) is 16.1. The molecule has 0 saturated carbocycles. The van der Waals surface area contributed by atoms with E-state index in [1.807, 2.05) is 0 Å². The average molecular weight is 461 g/mol. The first-order valence-corrected chi connectivity index (χ1v) is 12.4. The second-order valence-corrected chi connectivity index (χ2v) is 7.82. The Morgan fingerprint density at radius 3 is 1.36 bits per heavy atom. The highest BCUT2D eigenvalue weighted by Crippen LogP contribution is 2.14. The molecule has 0 fully saturated rings. The maximum atomic E-state index is 12.4. The lowest BCUT2D eigenvalue weighted by Gasteiger charge is -2.10. The van der Waals surface area contributed by atoms with Gasteiger partial charge in [-0.15, -0.1) is 0 Å². The van der Waals surface area contributed by atoms with E-state index < -0.39 is 11.9 Å². The summed E-state index contributed by atoms with van der Waals surface area (Å²) in [4.78, 5) is 24.7. The lowest BCUT2D eigenvalue weighted by molar-refractivity contribution is 0.0450. The Kier molecular flexibility index (Phi) is 20.9. The number of hydrogen-bond acceptors (Lipinski definition) is 5. The first-order valence-electron chi connectivity index (χ1n) is 12.4. The molecule has 0 spiro atoms. The van der Waals surface area contributed by atoms with Gasteiger partial charge in [0.15, 0.2) is 0 Å². The van der Waals surface area contributed by atoms with Crippen molar-refractivity contribution in [2.45, 2.75) is 90.9 Å². The van der Waals surface area contributed by atoms with Crippen molar-refractivity contribution in [3.05, 3.63) is 61.1 Å². The zero-order valence-electron chi connectivity index (χ0n) is 20.8. The molecule has 1 rings (SSSR count). The predicted molar refractivity (Wildman–Crippen MR) is 135 cm³/mol. The molecule has 1 aromatic rings. The van der Waals surface area contributed by atoms with E-state index in [-0.39, 0.29) is 0 Å². The molecule has 186 valence electrons. The maximum absolute atomic E-state index is 12.4. The number of carbonyl (C=O) groups excluding carboxylic acids is 2. The van der Waals surface area contributed by atoms with Gasteiger partial charge < -0.3 is 14.2 Å². The Labute approximate surface area is 201 Å². The molecule has 0 unspecified atom stereocenters. The van der Waals surface area contributed by atoms with Crippen molar-refractivity contribution >= 4 is 11.9 Å². The highest BCUT2D eigenvalue weighted by Gasteiger charge is 2.18. The van der Waals surface area contributed by atoms with Gasteiger partial charge in [-0.1, -0.05) is 103 Å². The predicted octanol–water partition coefficient (Wildman–Crippen LogP) is 8.01. The second kappa shape index (κ2) is 22.6. The second-order valence-electron chi connectivity index (χ2n) is 7.82. The number of hydrogen-bond donors (Lipinski definition) is 0. The molecule has 0 saturated heterocycles.